The zero-order valence-corrected chi connectivity index (χ0v) is 12.0. The van der Waals surface area contributed by atoms with Crippen LogP contribution in [0.2, 0.25) is 0 Å². The highest BCUT2D eigenvalue weighted by Gasteiger charge is 2.21. The Bertz CT molecular complexity index is 556. The van der Waals surface area contributed by atoms with E-state index in [1.165, 1.54) is 12.1 Å². The Kier molecular flexibility index (Phi) is 5.83. The third kappa shape index (κ3) is 4.87. The number of aryl methyl sites for hydroxylation is 1. The zero-order chi connectivity index (χ0) is 16.0. The van der Waals surface area contributed by atoms with Gasteiger partial charge in [0.2, 0.25) is 0 Å². The number of benzene rings is 1. The minimum atomic E-state index is -0.933. The van der Waals surface area contributed by atoms with Crippen LogP contribution in [-0.2, 0) is 4.79 Å². The van der Waals surface area contributed by atoms with E-state index in [1.807, 2.05) is 6.92 Å². The van der Waals surface area contributed by atoms with E-state index in [0.717, 1.165) is 5.56 Å². The second-order valence-electron chi connectivity index (χ2n) is 4.86. The summed E-state index contributed by atoms with van der Waals surface area (Å²) in [6.07, 6.45) is 0.551. The molecule has 0 spiro atoms. The van der Waals surface area contributed by atoms with Crippen LogP contribution in [0.15, 0.2) is 18.2 Å². The molecule has 1 aromatic carbocycles. The number of carbonyl (C=O) groups excluding carboxylic acids is 1. The smallest absolute Gasteiger partial charge is 0.303 e. The maximum absolute atomic E-state index is 12.1. The summed E-state index contributed by atoms with van der Waals surface area (Å²) in [5.41, 5.74) is 0.470. The Balaban J connectivity index is 2.82. The monoisotopic (exact) mass is 294 g/mol. The Morgan fingerprint density at radius 2 is 2.10 bits per heavy atom. The first-order chi connectivity index (χ1) is 9.85. The van der Waals surface area contributed by atoms with Crippen LogP contribution in [-0.4, -0.2) is 28.5 Å². The Morgan fingerprint density at radius 1 is 1.43 bits per heavy atom. The van der Waals surface area contributed by atoms with Crippen LogP contribution < -0.4 is 5.32 Å². The van der Waals surface area contributed by atoms with Crippen molar-refractivity contribution < 1.29 is 19.6 Å². The number of aliphatic carboxylic acids is 1. The number of nitrogens with one attached hydrogen (secondary N) is 1. The molecule has 1 unspecified atom stereocenters. The molecule has 0 fully saturated rings. The zero-order valence-electron chi connectivity index (χ0n) is 12.0. The van der Waals surface area contributed by atoms with Crippen molar-refractivity contribution in [1.82, 2.24) is 5.32 Å². The van der Waals surface area contributed by atoms with Crippen LogP contribution in [0.25, 0.3) is 0 Å². The highest BCUT2D eigenvalue weighted by atomic mass is 16.6. The van der Waals surface area contributed by atoms with Gasteiger partial charge in [0.15, 0.2) is 0 Å². The maximum atomic E-state index is 12.1. The highest BCUT2D eigenvalue weighted by Crippen LogP contribution is 2.20. The molecular weight excluding hydrogens is 276 g/mol. The summed E-state index contributed by atoms with van der Waals surface area (Å²) in [6.45, 7) is 3.74. The lowest BCUT2D eigenvalue weighted by Crippen LogP contribution is -2.30. The van der Waals surface area contributed by atoms with Crippen LogP contribution in [0.4, 0.5) is 5.69 Å². The Hall–Kier alpha value is -2.44. The number of hydrogen-bond donors (Lipinski definition) is 2. The molecular formula is C14H18N2O5. The summed E-state index contributed by atoms with van der Waals surface area (Å²) in [7, 11) is 0. The van der Waals surface area contributed by atoms with E-state index in [4.69, 9.17) is 5.11 Å². The van der Waals surface area contributed by atoms with Gasteiger partial charge in [-0.2, -0.15) is 0 Å². The molecule has 7 nitrogen and oxygen atoms in total. The second kappa shape index (κ2) is 7.37. The van der Waals surface area contributed by atoms with Gasteiger partial charge in [-0.1, -0.05) is 19.4 Å². The van der Waals surface area contributed by atoms with Crippen molar-refractivity contribution in [2.24, 2.45) is 5.92 Å². The molecule has 1 amide bonds. The number of nitrogens with zero attached hydrogens (tertiary/aromatic N) is 1. The normalized spacial score (nSPS) is 11.7. The second-order valence-corrected chi connectivity index (χ2v) is 4.86. The number of hydrogen-bond acceptors (Lipinski definition) is 4. The molecule has 1 aromatic rings. The van der Waals surface area contributed by atoms with Gasteiger partial charge < -0.3 is 10.4 Å². The highest BCUT2D eigenvalue weighted by molar-refractivity contribution is 5.98. The third-order valence-corrected chi connectivity index (χ3v) is 3.19. The molecule has 0 aliphatic carbocycles. The average Bonchev–Trinajstić information content (AvgIpc) is 2.42. The molecule has 7 heteroatoms. The summed E-state index contributed by atoms with van der Waals surface area (Å²) in [5.74, 6) is -1.69. The number of carboxylic acids is 1. The quantitative estimate of drug-likeness (QED) is 0.591. The number of carboxylic acid groups (broad SMARTS) is 1. The summed E-state index contributed by atoms with van der Waals surface area (Å²) in [5, 5.41) is 22.2. The first-order valence-corrected chi connectivity index (χ1v) is 6.60. The van der Waals surface area contributed by atoms with Crippen LogP contribution in [0.5, 0.6) is 0 Å². The molecule has 1 atom stereocenters. The fraction of sp³-hybridized carbons (Fsp3) is 0.429. The van der Waals surface area contributed by atoms with Crippen molar-refractivity contribution in [2.45, 2.75) is 26.7 Å². The largest absolute Gasteiger partial charge is 0.481 e. The first-order valence-electron chi connectivity index (χ1n) is 6.60. The SMILES string of the molecule is CCC(CNC(=O)c1cc(C)ccc1[N+](=O)[O-])CC(=O)O. The van der Waals surface area contributed by atoms with Crippen molar-refractivity contribution in [2.75, 3.05) is 6.54 Å². The summed E-state index contributed by atoms with van der Waals surface area (Å²) in [6, 6.07) is 4.30. The van der Waals surface area contributed by atoms with E-state index in [-0.39, 0.29) is 30.1 Å². The van der Waals surface area contributed by atoms with E-state index < -0.39 is 16.8 Å². The van der Waals surface area contributed by atoms with E-state index in [2.05, 4.69) is 5.32 Å². The minimum absolute atomic E-state index is 0.00909. The molecule has 21 heavy (non-hydrogen) atoms. The minimum Gasteiger partial charge on any atom is -0.481 e. The van der Waals surface area contributed by atoms with Gasteiger partial charge in [-0.15, -0.1) is 0 Å². The number of carbonyl (C=O) groups is 2. The predicted molar refractivity (Wildman–Crippen MR) is 76.2 cm³/mol. The van der Waals surface area contributed by atoms with Crippen molar-refractivity contribution in [1.29, 1.82) is 0 Å². The lowest BCUT2D eigenvalue weighted by molar-refractivity contribution is -0.385. The fourth-order valence-corrected chi connectivity index (χ4v) is 1.93. The summed E-state index contributed by atoms with van der Waals surface area (Å²) >= 11 is 0. The molecule has 0 radical (unpaired) electrons. The number of nitro benzene ring substituents is 1. The van der Waals surface area contributed by atoms with Crippen LogP contribution in [0.3, 0.4) is 0 Å². The fourth-order valence-electron chi connectivity index (χ4n) is 1.93. The van der Waals surface area contributed by atoms with Crippen molar-refractivity contribution in [3.05, 3.63) is 39.4 Å². The molecule has 114 valence electrons. The van der Waals surface area contributed by atoms with Gasteiger partial charge in [-0.05, 0) is 24.5 Å². The van der Waals surface area contributed by atoms with Gasteiger partial charge in [0, 0.05) is 19.0 Å². The molecule has 0 saturated carbocycles. The van der Waals surface area contributed by atoms with Crippen LogP contribution in [0, 0.1) is 23.0 Å². The molecule has 2 N–H and O–H groups in total. The third-order valence-electron chi connectivity index (χ3n) is 3.19. The summed E-state index contributed by atoms with van der Waals surface area (Å²) in [4.78, 5) is 33.1. The lowest BCUT2D eigenvalue weighted by atomic mass is 10.0. The Morgan fingerprint density at radius 3 is 2.62 bits per heavy atom. The average molecular weight is 294 g/mol. The van der Waals surface area contributed by atoms with E-state index >= 15 is 0 Å². The Labute approximate surface area is 122 Å². The first kappa shape index (κ1) is 16.6. The van der Waals surface area contributed by atoms with Gasteiger partial charge in [0.05, 0.1) is 4.92 Å². The van der Waals surface area contributed by atoms with Gasteiger partial charge >= 0.3 is 5.97 Å². The predicted octanol–water partition coefficient (Wildman–Crippen LogP) is 2.13. The molecule has 0 heterocycles. The topological polar surface area (TPSA) is 110 Å². The number of rotatable bonds is 7. The molecule has 0 aromatic heterocycles. The molecule has 1 rings (SSSR count). The van der Waals surface area contributed by atoms with Gasteiger partial charge in [-0.25, -0.2) is 0 Å². The molecule has 0 aliphatic heterocycles. The van der Waals surface area contributed by atoms with Gasteiger partial charge in [-0.3, -0.25) is 19.7 Å². The lowest BCUT2D eigenvalue weighted by Gasteiger charge is -2.13. The van der Waals surface area contributed by atoms with Crippen LogP contribution in [0.1, 0.15) is 35.7 Å². The van der Waals surface area contributed by atoms with E-state index in [9.17, 15) is 19.7 Å². The standard InChI is InChI=1S/C14H18N2O5/c1-3-10(7-13(17)18)8-15-14(19)11-6-9(2)4-5-12(11)16(20)21/h4-6,10H,3,7-8H2,1-2H3,(H,15,19)(H,17,18). The van der Waals surface area contributed by atoms with Gasteiger partial charge in [0.1, 0.15) is 5.56 Å². The number of nitro groups is 1. The van der Waals surface area contributed by atoms with E-state index in [0.29, 0.717) is 6.42 Å². The molecule has 0 saturated heterocycles. The number of amides is 1. The maximum Gasteiger partial charge on any atom is 0.303 e. The van der Waals surface area contributed by atoms with Crippen molar-refractivity contribution in [3.8, 4) is 0 Å². The van der Waals surface area contributed by atoms with Gasteiger partial charge in [0.25, 0.3) is 11.6 Å². The van der Waals surface area contributed by atoms with Crippen molar-refractivity contribution >= 4 is 17.6 Å². The van der Waals surface area contributed by atoms with E-state index in [1.54, 1.807) is 13.0 Å². The molecule has 0 aliphatic rings. The summed E-state index contributed by atoms with van der Waals surface area (Å²) < 4.78 is 0. The van der Waals surface area contributed by atoms with Crippen molar-refractivity contribution in [3.63, 3.8) is 0 Å². The van der Waals surface area contributed by atoms with Crippen LogP contribution >= 0.6 is 0 Å². The molecule has 0 bridgehead atoms.